The summed E-state index contributed by atoms with van der Waals surface area (Å²) >= 11 is 0. The van der Waals surface area contributed by atoms with Crippen LogP contribution in [0.2, 0.25) is 0 Å². The topological polar surface area (TPSA) is 66.9 Å². The van der Waals surface area contributed by atoms with Crippen molar-refractivity contribution in [3.8, 4) is 0 Å². The number of carbonyl (C=O) groups excluding carboxylic acids is 1. The molecular weight excluding hydrogens is 336 g/mol. The van der Waals surface area contributed by atoms with Crippen molar-refractivity contribution in [1.29, 1.82) is 0 Å². The molecule has 0 atom stereocenters. The highest BCUT2D eigenvalue weighted by Crippen LogP contribution is 2.23. The lowest BCUT2D eigenvalue weighted by molar-refractivity contribution is 0.102. The van der Waals surface area contributed by atoms with Crippen LogP contribution in [0.1, 0.15) is 42.4 Å². The fourth-order valence-corrected chi connectivity index (χ4v) is 2.63. The lowest BCUT2D eigenvalue weighted by Crippen LogP contribution is -2.15. The van der Waals surface area contributed by atoms with E-state index >= 15 is 0 Å². The highest BCUT2D eigenvalue weighted by molar-refractivity contribution is 6.02. The Hall–Kier alpha value is -3.21. The van der Waals surface area contributed by atoms with Gasteiger partial charge < -0.3 is 10.6 Å². The molecule has 1 aromatic heterocycles. The number of benzene rings is 2. The average molecular weight is 360 g/mol. The summed E-state index contributed by atoms with van der Waals surface area (Å²) in [6.45, 7) is 8.49. The molecule has 0 aliphatic heterocycles. The molecular formula is C22H24N4O. The van der Waals surface area contributed by atoms with E-state index in [-0.39, 0.29) is 17.0 Å². The number of aryl methyl sites for hydroxylation is 1. The van der Waals surface area contributed by atoms with Crippen LogP contribution in [0.3, 0.4) is 0 Å². The van der Waals surface area contributed by atoms with E-state index < -0.39 is 0 Å². The van der Waals surface area contributed by atoms with Gasteiger partial charge in [-0.15, -0.1) is 0 Å². The van der Waals surface area contributed by atoms with Crippen LogP contribution >= 0.6 is 0 Å². The Balaban J connectivity index is 1.65. The summed E-state index contributed by atoms with van der Waals surface area (Å²) < 4.78 is 0. The largest absolute Gasteiger partial charge is 0.339 e. The smallest absolute Gasteiger partial charge is 0.275 e. The Morgan fingerprint density at radius 2 is 1.67 bits per heavy atom. The quantitative estimate of drug-likeness (QED) is 0.681. The summed E-state index contributed by atoms with van der Waals surface area (Å²) in [7, 11) is 0. The third-order valence-electron chi connectivity index (χ3n) is 4.18. The predicted molar refractivity (Wildman–Crippen MR) is 110 cm³/mol. The van der Waals surface area contributed by atoms with E-state index in [2.05, 4.69) is 41.4 Å². The first-order valence-corrected chi connectivity index (χ1v) is 8.89. The first-order chi connectivity index (χ1) is 12.8. The second-order valence-electron chi connectivity index (χ2n) is 7.56. The summed E-state index contributed by atoms with van der Waals surface area (Å²) in [5.41, 5.74) is 4.38. The van der Waals surface area contributed by atoms with Crippen molar-refractivity contribution in [2.75, 3.05) is 10.6 Å². The Bertz CT molecular complexity index is 926. The Labute approximate surface area is 159 Å². The maximum absolute atomic E-state index is 12.4. The van der Waals surface area contributed by atoms with Crippen LogP contribution in [0.5, 0.6) is 0 Å². The Morgan fingerprint density at radius 3 is 2.26 bits per heavy atom. The van der Waals surface area contributed by atoms with Gasteiger partial charge in [-0.25, -0.2) is 9.97 Å². The minimum Gasteiger partial charge on any atom is -0.339 e. The van der Waals surface area contributed by atoms with E-state index in [1.165, 1.54) is 11.8 Å². The predicted octanol–water partition coefficient (Wildman–Crippen LogP) is 5.08. The van der Waals surface area contributed by atoms with Crippen molar-refractivity contribution in [3.05, 3.63) is 77.7 Å². The minimum atomic E-state index is -0.284. The standard InChI is InChI=1S/C22H24N4O/c1-15-6-5-7-18(12-15)25-20-14-23-19(13-24-20)21(27)26-17-10-8-16(9-11-17)22(2,3)4/h5-14H,1-4H3,(H,24,25)(H,26,27). The van der Waals surface area contributed by atoms with E-state index in [0.29, 0.717) is 5.82 Å². The summed E-state index contributed by atoms with van der Waals surface area (Å²) in [6.07, 6.45) is 3.02. The molecule has 0 saturated carbocycles. The van der Waals surface area contributed by atoms with Gasteiger partial charge in [-0.1, -0.05) is 45.0 Å². The first-order valence-electron chi connectivity index (χ1n) is 8.89. The van der Waals surface area contributed by atoms with Gasteiger partial charge in [0.25, 0.3) is 5.91 Å². The molecule has 3 rings (SSSR count). The molecule has 27 heavy (non-hydrogen) atoms. The van der Waals surface area contributed by atoms with Gasteiger partial charge in [0.2, 0.25) is 0 Å². The van der Waals surface area contributed by atoms with Crippen molar-refractivity contribution in [3.63, 3.8) is 0 Å². The van der Waals surface area contributed by atoms with Crippen molar-refractivity contribution >= 4 is 23.1 Å². The number of carbonyl (C=O) groups is 1. The number of rotatable bonds is 4. The van der Waals surface area contributed by atoms with Crippen LogP contribution in [-0.2, 0) is 5.41 Å². The fraction of sp³-hybridized carbons (Fsp3) is 0.227. The number of amides is 1. The van der Waals surface area contributed by atoms with Crippen LogP contribution in [0.15, 0.2) is 60.9 Å². The van der Waals surface area contributed by atoms with E-state index in [1.54, 1.807) is 6.20 Å². The molecule has 0 spiro atoms. The molecule has 0 saturated heterocycles. The molecule has 1 heterocycles. The van der Waals surface area contributed by atoms with Crippen molar-refractivity contribution in [1.82, 2.24) is 9.97 Å². The van der Waals surface area contributed by atoms with E-state index in [0.717, 1.165) is 16.9 Å². The zero-order chi connectivity index (χ0) is 19.4. The molecule has 0 unspecified atom stereocenters. The zero-order valence-electron chi connectivity index (χ0n) is 16.1. The highest BCUT2D eigenvalue weighted by atomic mass is 16.1. The van der Waals surface area contributed by atoms with Crippen LogP contribution < -0.4 is 10.6 Å². The van der Waals surface area contributed by atoms with Gasteiger partial charge in [-0.05, 0) is 47.7 Å². The van der Waals surface area contributed by atoms with Crippen molar-refractivity contribution < 1.29 is 4.79 Å². The van der Waals surface area contributed by atoms with Crippen LogP contribution in [-0.4, -0.2) is 15.9 Å². The van der Waals surface area contributed by atoms with Crippen LogP contribution in [0.4, 0.5) is 17.2 Å². The summed E-state index contributed by atoms with van der Waals surface area (Å²) in [6, 6.07) is 15.8. The van der Waals surface area contributed by atoms with Gasteiger partial charge in [0.1, 0.15) is 11.5 Å². The summed E-state index contributed by atoms with van der Waals surface area (Å²) in [5.74, 6) is 0.305. The molecule has 5 heteroatoms. The number of anilines is 3. The van der Waals surface area contributed by atoms with Gasteiger partial charge in [-0.2, -0.15) is 0 Å². The van der Waals surface area contributed by atoms with Gasteiger partial charge >= 0.3 is 0 Å². The highest BCUT2D eigenvalue weighted by Gasteiger charge is 2.14. The summed E-state index contributed by atoms with van der Waals surface area (Å²) in [5, 5.41) is 6.03. The molecule has 0 aliphatic carbocycles. The molecule has 1 amide bonds. The van der Waals surface area contributed by atoms with Gasteiger partial charge in [0, 0.05) is 11.4 Å². The third-order valence-corrected chi connectivity index (χ3v) is 4.18. The zero-order valence-corrected chi connectivity index (χ0v) is 16.1. The monoisotopic (exact) mass is 360 g/mol. The molecule has 0 bridgehead atoms. The van der Waals surface area contributed by atoms with E-state index in [1.807, 2.05) is 55.5 Å². The van der Waals surface area contributed by atoms with Crippen LogP contribution in [0, 0.1) is 6.92 Å². The second kappa shape index (κ2) is 7.58. The maximum Gasteiger partial charge on any atom is 0.275 e. The molecule has 3 aromatic rings. The third kappa shape index (κ3) is 4.91. The molecule has 2 aromatic carbocycles. The van der Waals surface area contributed by atoms with E-state index in [9.17, 15) is 4.79 Å². The number of nitrogens with zero attached hydrogens (tertiary/aromatic N) is 2. The molecule has 0 radical (unpaired) electrons. The van der Waals surface area contributed by atoms with Gasteiger partial charge in [0.15, 0.2) is 0 Å². The number of nitrogens with one attached hydrogen (secondary N) is 2. The SMILES string of the molecule is Cc1cccc(Nc2cnc(C(=O)Nc3ccc(C(C)(C)C)cc3)cn2)c1. The van der Waals surface area contributed by atoms with E-state index in [4.69, 9.17) is 0 Å². The molecule has 2 N–H and O–H groups in total. The van der Waals surface area contributed by atoms with Crippen LogP contribution in [0.25, 0.3) is 0 Å². The molecule has 0 aliphatic rings. The second-order valence-corrected chi connectivity index (χ2v) is 7.56. The molecule has 138 valence electrons. The fourth-order valence-electron chi connectivity index (χ4n) is 2.63. The average Bonchev–Trinajstić information content (AvgIpc) is 2.62. The molecule has 0 fully saturated rings. The lowest BCUT2D eigenvalue weighted by atomic mass is 9.87. The molecule has 5 nitrogen and oxygen atoms in total. The Morgan fingerprint density at radius 1 is 0.926 bits per heavy atom. The van der Waals surface area contributed by atoms with Gasteiger partial charge in [-0.3, -0.25) is 4.79 Å². The number of aromatic nitrogens is 2. The normalized spacial score (nSPS) is 11.1. The maximum atomic E-state index is 12.4. The van der Waals surface area contributed by atoms with Crippen molar-refractivity contribution in [2.24, 2.45) is 0 Å². The summed E-state index contributed by atoms with van der Waals surface area (Å²) in [4.78, 5) is 20.9. The number of hydrogen-bond donors (Lipinski definition) is 2. The number of hydrogen-bond acceptors (Lipinski definition) is 4. The Kier molecular flexibility index (Phi) is 5.21. The first kappa shape index (κ1) is 18.6. The minimum absolute atomic E-state index is 0.0775. The lowest BCUT2D eigenvalue weighted by Gasteiger charge is -2.19. The van der Waals surface area contributed by atoms with Crippen molar-refractivity contribution in [2.45, 2.75) is 33.1 Å². The van der Waals surface area contributed by atoms with Gasteiger partial charge in [0.05, 0.1) is 12.4 Å².